The number of hydrogen-bond acceptors (Lipinski definition) is 4. The minimum atomic E-state index is 0.892. The molecule has 0 aliphatic carbocycles. The number of aromatic amines is 1. The average Bonchev–Trinajstić information content (AvgIpc) is 2.50. The van der Waals surface area contributed by atoms with Gasteiger partial charge in [-0.15, -0.1) is 0 Å². The topological polar surface area (TPSA) is 53.6 Å². The van der Waals surface area contributed by atoms with Gasteiger partial charge in [-0.3, -0.25) is 5.10 Å². The van der Waals surface area contributed by atoms with E-state index in [1.54, 1.807) is 11.8 Å². The highest BCUT2D eigenvalue weighted by Crippen LogP contribution is 2.08. The van der Waals surface area contributed by atoms with E-state index in [-0.39, 0.29) is 0 Å². The van der Waals surface area contributed by atoms with Crippen molar-refractivity contribution in [1.82, 2.24) is 20.5 Å². The molecule has 0 radical (unpaired) electrons. The molecular formula is C6H12N4S. The molecule has 0 unspecified atom stereocenters. The Kier molecular flexibility index (Phi) is 4.00. The summed E-state index contributed by atoms with van der Waals surface area (Å²) >= 11 is 1.68. The van der Waals surface area contributed by atoms with Crippen LogP contribution in [-0.4, -0.2) is 34.0 Å². The zero-order valence-electron chi connectivity index (χ0n) is 6.50. The maximum Gasteiger partial charge on any atom is 0.183 e. The molecule has 0 aromatic carbocycles. The van der Waals surface area contributed by atoms with Gasteiger partial charge >= 0.3 is 0 Å². The molecule has 0 spiro atoms. The third-order valence-corrected chi connectivity index (χ3v) is 2.04. The van der Waals surface area contributed by atoms with Gasteiger partial charge in [0, 0.05) is 12.3 Å². The van der Waals surface area contributed by atoms with Crippen LogP contribution in [0.1, 0.15) is 6.92 Å². The third-order valence-electron chi connectivity index (χ3n) is 1.16. The molecule has 0 atom stereocenters. The fourth-order valence-electron chi connectivity index (χ4n) is 0.660. The first-order valence-corrected chi connectivity index (χ1v) is 4.61. The highest BCUT2D eigenvalue weighted by Gasteiger charge is 1.93. The number of aromatic nitrogens is 3. The minimum absolute atomic E-state index is 0.892. The fourth-order valence-corrected chi connectivity index (χ4v) is 1.34. The van der Waals surface area contributed by atoms with Gasteiger partial charge in [0.05, 0.1) is 0 Å². The Bertz CT molecular complexity index is 175. The van der Waals surface area contributed by atoms with Crippen molar-refractivity contribution < 1.29 is 0 Å². The zero-order valence-corrected chi connectivity index (χ0v) is 7.32. The van der Waals surface area contributed by atoms with Crippen LogP contribution in [0, 0.1) is 0 Å². The van der Waals surface area contributed by atoms with E-state index < -0.39 is 0 Å². The highest BCUT2D eigenvalue weighted by atomic mass is 32.2. The summed E-state index contributed by atoms with van der Waals surface area (Å²) in [4.78, 5) is 3.98. The molecule has 1 aromatic heterocycles. The molecule has 2 N–H and O–H groups in total. The van der Waals surface area contributed by atoms with Gasteiger partial charge in [0.1, 0.15) is 6.33 Å². The van der Waals surface area contributed by atoms with Crippen molar-refractivity contribution in [3.8, 4) is 0 Å². The molecule has 11 heavy (non-hydrogen) atoms. The van der Waals surface area contributed by atoms with E-state index in [0.29, 0.717) is 0 Å². The number of nitrogens with zero attached hydrogens (tertiary/aromatic N) is 2. The van der Waals surface area contributed by atoms with Gasteiger partial charge in [-0.25, -0.2) is 4.98 Å². The van der Waals surface area contributed by atoms with Gasteiger partial charge in [-0.1, -0.05) is 18.7 Å². The lowest BCUT2D eigenvalue weighted by Gasteiger charge is -1.97. The number of H-pyrrole nitrogens is 1. The van der Waals surface area contributed by atoms with Gasteiger partial charge < -0.3 is 5.32 Å². The van der Waals surface area contributed by atoms with Crippen LogP contribution in [0.2, 0.25) is 0 Å². The molecule has 1 aromatic rings. The normalized spacial score (nSPS) is 10.3. The Hall–Kier alpha value is -0.550. The second kappa shape index (κ2) is 5.15. The molecule has 62 valence electrons. The quantitative estimate of drug-likeness (QED) is 0.502. The van der Waals surface area contributed by atoms with Crippen LogP contribution < -0.4 is 5.32 Å². The lowest BCUT2D eigenvalue weighted by Crippen LogP contribution is -2.15. The summed E-state index contributed by atoms with van der Waals surface area (Å²) in [5, 5.41) is 10.7. The smallest absolute Gasteiger partial charge is 0.183 e. The molecule has 0 amide bonds. The van der Waals surface area contributed by atoms with Crippen molar-refractivity contribution in [2.45, 2.75) is 12.1 Å². The molecule has 0 saturated carbocycles. The Balaban J connectivity index is 2.04. The Labute approximate surface area is 70.2 Å². The van der Waals surface area contributed by atoms with E-state index in [4.69, 9.17) is 0 Å². The molecule has 1 rings (SSSR count). The summed E-state index contributed by atoms with van der Waals surface area (Å²) in [6.45, 7) is 4.14. The van der Waals surface area contributed by atoms with Crippen LogP contribution in [0.3, 0.4) is 0 Å². The SMILES string of the molecule is CCNCCSc1ncn[nH]1. The van der Waals surface area contributed by atoms with Crippen LogP contribution in [0.15, 0.2) is 11.5 Å². The maximum absolute atomic E-state index is 3.98. The Morgan fingerprint density at radius 1 is 1.73 bits per heavy atom. The van der Waals surface area contributed by atoms with Crippen molar-refractivity contribution in [1.29, 1.82) is 0 Å². The number of hydrogen-bond donors (Lipinski definition) is 2. The summed E-state index contributed by atoms with van der Waals surface area (Å²) in [6, 6.07) is 0. The van der Waals surface area contributed by atoms with Crippen LogP contribution >= 0.6 is 11.8 Å². The molecule has 0 saturated heterocycles. The van der Waals surface area contributed by atoms with Crippen LogP contribution in [-0.2, 0) is 0 Å². The molecule has 4 nitrogen and oxygen atoms in total. The van der Waals surface area contributed by atoms with Crippen LogP contribution in [0.25, 0.3) is 0 Å². The van der Waals surface area contributed by atoms with Crippen LogP contribution in [0.5, 0.6) is 0 Å². The summed E-state index contributed by atoms with van der Waals surface area (Å²) in [7, 11) is 0. The van der Waals surface area contributed by atoms with Gasteiger partial charge in [-0.2, -0.15) is 5.10 Å². The molecule has 0 fully saturated rings. The van der Waals surface area contributed by atoms with E-state index >= 15 is 0 Å². The second-order valence-electron chi connectivity index (χ2n) is 1.99. The lowest BCUT2D eigenvalue weighted by molar-refractivity contribution is 0.767. The van der Waals surface area contributed by atoms with Gasteiger partial charge in [0.2, 0.25) is 0 Å². The highest BCUT2D eigenvalue weighted by molar-refractivity contribution is 7.99. The van der Waals surface area contributed by atoms with Gasteiger partial charge in [0.15, 0.2) is 5.16 Å². The summed E-state index contributed by atoms with van der Waals surface area (Å²) < 4.78 is 0. The number of nitrogens with one attached hydrogen (secondary N) is 2. The van der Waals surface area contributed by atoms with Crippen molar-refractivity contribution in [2.75, 3.05) is 18.8 Å². The predicted molar refractivity (Wildman–Crippen MR) is 45.7 cm³/mol. The van der Waals surface area contributed by atoms with Crippen molar-refractivity contribution >= 4 is 11.8 Å². The minimum Gasteiger partial charge on any atom is -0.316 e. The monoisotopic (exact) mass is 172 g/mol. The molecule has 0 aliphatic heterocycles. The second-order valence-corrected chi connectivity index (χ2v) is 3.08. The Morgan fingerprint density at radius 2 is 2.64 bits per heavy atom. The van der Waals surface area contributed by atoms with E-state index in [1.807, 2.05) is 0 Å². The fraction of sp³-hybridized carbons (Fsp3) is 0.667. The summed E-state index contributed by atoms with van der Waals surface area (Å²) in [6.07, 6.45) is 1.52. The van der Waals surface area contributed by atoms with E-state index in [2.05, 4.69) is 27.4 Å². The largest absolute Gasteiger partial charge is 0.316 e. The van der Waals surface area contributed by atoms with E-state index in [0.717, 1.165) is 24.0 Å². The first-order chi connectivity index (χ1) is 5.43. The zero-order chi connectivity index (χ0) is 7.94. The van der Waals surface area contributed by atoms with Gasteiger partial charge in [-0.05, 0) is 6.54 Å². The first kappa shape index (κ1) is 8.55. The van der Waals surface area contributed by atoms with Crippen LogP contribution in [0.4, 0.5) is 0 Å². The Morgan fingerprint density at radius 3 is 3.27 bits per heavy atom. The predicted octanol–water partition coefficient (Wildman–Crippen LogP) is 0.506. The lowest BCUT2D eigenvalue weighted by atomic mass is 10.7. The van der Waals surface area contributed by atoms with E-state index in [1.165, 1.54) is 6.33 Å². The maximum atomic E-state index is 3.98. The first-order valence-electron chi connectivity index (χ1n) is 3.62. The van der Waals surface area contributed by atoms with Crippen molar-refractivity contribution in [2.24, 2.45) is 0 Å². The number of thioether (sulfide) groups is 1. The summed E-state index contributed by atoms with van der Waals surface area (Å²) in [5.74, 6) is 1.03. The van der Waals surface area contributed by atoms with Gasteiger partial charge in [0.25, 0.3) is 0 Å². The van der Waals surface area contributed by atoms with E-state index in [9.17, 15) is 0 Å². The third kappa shape index (κ3) is 3.38. The van der Waals surface area contributed by atoms with Crippen molar-refractivity contribution in [3.05, 3.63) is 6.33 Å². The number of rotatable bonds is 5. The van der Waals surface area contributed by atoms with Crippen molar-refractivity contribution in [3.63, 3.8) is 0 Å². The standard InChI is InChI=1S/C6H12N4S/c1-2-7-3-4-11-6-8-5-9-10-6/h5,7H,2-4H2,1H3,(H,8,9,10). The molecule has 1 heterocycles. The molecule has 5 heteroatoms. The summed E-state index contributed by atoms with van der Waals surface area (Å²) in [5.41, 5.74) is 0. The molecule has 0 bridgehead atoms. The average molecular weight is 172 g/mol. The molecule has 0 aliphatic rings. The molecular weight excluding hydrogens is 160 g/mol.